The van der Waals surface area contributed by atoms with E-state index in [1.54, 1.807) is 6.07 Å². The van der Waals surface area contributed by atoms with E-state index in [-0.39, 0.29) is 12.5 Å². The maximum absolute atomic E-state index is 11.2. The highest BCUT2D eigenvalue weighted by Gasteiger charge is 2.22. The summed E-state index contributed by atoms with van der Waals surface area (Å²) in [5.41, 5.74) is 0.794. The molecule has 0 spiro atoms. The zero-order valence-corrected chi connectivity index (χ0v) is 9.56. The second-order valence-corrected chi connectivity index (χ2v) is 3.76. The quantitative estimate of drug-likeness (QED) is 0.578. The van der Waals surface area contributed by atoms with Crippen molar-refractivity contribution in [2.24, 2.45) is 10.4 Å². The molecule has 84 valence electrons. The molecule has 0 N–H and O–H groups in total. The summed E-state index contributed by atoms with van der Waals surface area (Å²) < 4.78 is 5.22. The molecular weight excluding hydrogens is 230 g/mol. The van der Waals surface area contributed by atoms with Crippen LogP contribution in [0.25, 0.3) is 0 Å². The van der Waals surface area contributed by atoms with Gasteiger partial charge >= 0.3 is 5.91 Å². The van der Waals surface area contributed by atoms with Gasteiger partial charge in [-0.3, -0.25) is 4.79 Å². The van der Waals surface area contributed by atoms with Gasteiger partial charge in [-0.1, -0.05) is 16.9 Å². The topological polar surface area (TPSA) is 79.8 Å². The highest BCUT2D eigenvalue weighted by molar-refractivity contribution is 7.98. The van der Waals surface area contributed by atoms with Gasteiger partial charge in [-0.15, -0.1) is 0 Å². The molecule has 8 heteroatoms. The first-order valence-corrected chi connectivity index (χ1v) is 5.68. The number of carbonyl (C=O) groups is 1. The summed E-state index contributed by atoms with van der Waals surface area (Å²) in [4.78, 5) is 19.5. The number of hydrogen-bond donors (Lipinski definition) is 0. The van der Waals surface area contributed by atoms with Crippen LogP contribution in [0.4, 0.5) is 0 Å². The van der Waals surface area contributed by atoms with Crippen LogP contribution < -0.4 is 4.74 Å². The standard InChI is InChI=1S/C8H9N5O2S/c1-5-3-6(10-8(9-5)16-2)15-4-7(14)13-11-12-13/h3H,4H2,1-2H3. The van der Waals surface area contributed by atoms with Crippen molar-refractivity contribution in [3.63, 3.8) is 0 Å². The molecular formula is C8H9N5O2S. The molecule has 0 saturated heterocycles. The molecule has 0 radical (unpaired) electrons. The van der Waals surface area contributed by atoms with Crippen LogP contribution in [0.5, 0.6) is 5.88 Å². The summed E-state index contributed by atoms with van der Waals surface area (Å²) in [7, 11) is 0. The normalized spacial score (nSPS) is 12.8. The Morgan fingerprint density at radius 1 is 1.50 bits per heavy atom. The number of ether oxygens (including phenoxy) is 1. The van der Waals surface area contributed by atoms with Crippen molar-refractivity contribution in [2.45, 2.75) is 12.1 Å². The molecule has 0 saturated carbocycles. The summed E-state index contributed by atoms with van der Waals surface area (Å²) in [5.74, 6) is 0.0639. The molecule has 0 aliphatic carbocycles. The van der Waals surface area contributed by atoms with Crippen LogP contribution >= 0.6 is 11.8 Å². The van der Waals surface area contributed by atoms with Crippen LogP contribution in [0.15, 0.2) is 21.7 Å². The Bertz CT molecular complexity index is 444. The molecule has 0 fully saturated rings. The molecule has 0 bridgehead atoms. The van der Waals surface area contributed by atoms with Crippen molar-refractivity contribution < 1.29 is 9.53 Å². The van der Waals surface area contributed by atoms with Crippen LogP contribution in [0.3, 0.4) is 0 Å². The lowest BCUT2D eigenvalue weighted by Gasteiger charge is -2.05. The molecule has 7 nitrogen and oxygen atoms in total. The zero-order chi connectivity index (χ0) is 11.5. The van der Waals surface area contributed by atoms with Crippen molar-refractivity contribution in [3.05, 3.63) is 11.8 Å². The summed E-state index contributed by atoms with van der Waals surface area (Å²) in [6.45, 7) is 1.71. The number of carbonyl (C=O) groups excluding carboxylic acids is 1. The molecule has 16 heavy (non-hydrogen) atoms. The summed E-state index contributed by atoms with van der Waals surface area (Å²) >= 11 is 1.42. The van der Waals surface area contributed by atoms with E-state index >= 15 is 0 Å². The van der Waals surface area contributed by atoms with Crippen LogP contribution in [0, 0.1) is 6.92 Å². The molecule has 1 aromatic rings. The minimum Gasteiger partial charge on any atom is -0.467 e. The predicted molar refractivity (Wildman–Crippen MR) is 55.7 cm³/mol. The molecule has 1 aliphatic rings. The highest BCUT2D eigenvalue weighted by Crippen LogP contribution is 2.16. The van der Waals surface area contributed by atoms with Crippen molar-refractivity contribution in [3.8, 4) is 5.88 Å². The SMILES string of the molecule is CSc1nc(C)cc(OCC(=O)N2N=N2)n1. The molecule has 1 aliphatic heterocycles. The van der Waals surface area contributed by atoms with E-state index in [4.69, 9.17) is 4.74 Å². The Morgan fingerprint density at radius 2 is 2.25 bits per heavy atom. The van der Waals surface area contributed by atoms with Gasteiger partial charge in [0.15, 0.2) is 11.8 Å². The van der Waals surface area contributed by atoms with Gasteiger partial charge in [-0.25, -0.2) is 4.98 Å². The maximum atomic E-state index is 11.2. The smallest absolute Gasteiger partial charge is 0.305 e. The van der Waals surface area contributed by atoms with Crippen molar-refractivity contribution in [1.29, 1.82) is 0 Å². The largest absolute Gasteiger partial charge is 0.467 e. The van der Waals surface area contributed by atoms with Crippen LogP contribution in [0.1, 0.15) is 5.69 Å². The third-order valence-corrected chi connectivity index (χ3v) is 2.29. The summed E-state index contributed by atoms with van der Waals surface area (Å²) in [6.07, 6.45) is 1.87. The van der Waals surface area contributed by atoms with Gasteiger partial charge < -0.3 is 4.74 Å². The van der Waals surface area contributed by atoms with E-state index in [1.165, 1.54) is 11.8 Å². The molecule has 1 amide bonds. The minimum absolute atomic E-state index is 0.128. The zero-order valence-electron chi connectivity index (χ0n) is 8.75. The molecule has 2 heterocycles. The Kier molecular flexibility index (Phi) is 3.00. The van der Waals surface area contributed by atoms with Crippen LogP contribution in [-0.4, -0.2) is 33.9 Å². The number of nitrogens with zero attached hydrogens (tertiary/aromatic N) is 5. The molecule has 0 atom stereocenters. The lowest BCUT2D eigenvalue weighted by molar-refractivity contribution is -0.129. The maximum Gasteiger partial charge on any atom is 0.305 e. The van der Waals surface area contributed by atoms with E-state index in [1.807, 2.05) is 13.2 Å². The average molecular weight is 239 g/mol. The number of hydrogen-bond acceptors (Lipinski definition) is 7. The van der Waals surface area contributed by atoms with Crippen LogP contribution in [0.2, 0.25) is 0 Å². The molecule has 0 aromatic carbocycles. The number of thioether (sulfide) groups is 1. The van der Waals surface area contributed by atoms with Gasteiger partial charge in [0.1, 0.15) is 0 Å². The van der Waals surface area contributed by atoms with Crippen molar-refractivity contribution in [2.75, 3.05) is 12.9 Å². The Labute approximate surface area is 95.9 Å². The van der Waals surface area contributed by atoms with Crippen molar-refractivity contribution >= 4 is 17.7 Å². The van der Waals surface area contributed by atoms with Gasteiger partial charge in [0.05, 0.1) is 0 Å². The van der Waals surface area contributed by atoms with E-state index in [0.29, 0.717) is 11.0 Å². The summed E-state index contributed by atoms with van der Waals surface area (Å²) in [6, 6.07) is 1.67. The Morgan fingerprint density at radius 3 is 2.88 bits per heavy atom. The molecule has 0 unspecified atom stereocenters. The number of aromatic nitrogens is 2. The van der Waals surface area contributed by atoms with Gasteiger partial charge in [-0.05, 0) is 23.6 Å². The fraction of sp³-hybridized carbons (Fsp3) is 0.375. The number of amides is 1. The lowest BCUT2D eigenvalue weighted by Crippen LogP contribution is -2.19. The predicted octanol–water partition coefficient (Wildman–Crippen LogP) is 1.01. The first kappa shape index (κ1) is 10.8. The number of rotatable bonds is 4. The lowest BCUT2D eigenvalue weighted by atomic mass is 10.4. The number of aryl methyl sites for hydroxylation is 1. The van der Waals surface area contributed by atoms with Gasteiger partial charge in [0.25, 0.3) is 0 Å². The Balaban J connectivity index is 1.97. The third kappa shape index (κ3) is 2.66. The van der Waals surface area contributed by atoms with E-state index in [2.05, 4.69) is 20.4 Å². The second-order valence-electron chi connectivity index (χ2n) is 2.99. The third-order valence-electron chi connectivity index (χ3n) is 1.74. The highest BCUT2D eigenvalue weighted by atomic mass is 32.2. The molecule has 2 rings (SSSR count). The van der Waals surface area contributed by atoms with Crippen LogP contribution in [-0.2, 0) is 4.79 Å². The molecule has 1 aromatic heterocycles. The second kappa shape index (κ2) is 4.44. The summed E-state index contributed by atoms with van der Waals surface area (Å²) in [5, 5.41) is 8.31. The first-order valence-electron chi connectivity index (χ1n) is 4.46. The van der Waals surface area contributed by atoms with Crippen molar-refractivity contribution in [1.82, 2.24) is 15.1 Å². The van der Waals surface area contributed by atoms with Gasteiger partial charge in [0, 0.05) is 11.8 Å². The van der Waals surface area contributed by atoms with E-state index in [0.717, 1.165) is 10.8 Å². The monoisotopic (exact) mass is 239 g/mol. The Hall–Kier alpha value is -1.70. The fourth-order valence-electron chi connectivity index (χ4n) is 0.992. The van der Waals surface area contributed by atoms with E-state index in [9.17, 15) is 4.79 Å². The van der Waals surface area contributed by atoms with Gasteiger partial charge in [0.2, 0.25) is 5.88 Å². The van der Waals surface area contributed by atoms with Gasteiger partial charge in [-0.2, -0.15) is 4.98 Å². The average Bonchev–Trinajstić information content (AvgIpc) is 3.08. The van der Waals surface area contributed by atoms with E-state index < -0.39 is 0 Å². The first-order chi connectivity index (χ1) is 7.69. The minimum atomic E-state index is -0.318. The fourth-order valence-corrected chi connectivity index (χ4v) is 1.41.